The molecule has 1 amide bonds. The minimum Gasteiger partial charge on any atom is -0.394 e. The normalized spacial score (nSPS) is 21.7. The van der Waals surface area contributed by atoms with E-state index in [0.29, 0.717) is 19.3 Å². The van der Waals surface area contributed by atoms with E-state index in [9.17, 15) is 40.5 Å². The Kier molecular flexibility index (Phi) is 38.5. The van der Waals surface area contributed by atoms with Crippen molar-refractivity contribution in [2.45, 2.75) is 249 Å². The summed E-state index contributed by atoms with van der Waals surface area (Å²) in [5.41, 5.74) is 0. The van der Waals surface area contributed by atoms with Crippen LogP contribution in [0.15, 0.2) is 60.8 Å². The quantitative estimate of drug-likeness (QED) is 0.0217. The molecule has 0 spiro atoms. The van der Waals surface area contributed by atoms with Gasteiger partial charge in [-0.2, -0.15) is 0 Å². The first-order chi connectivity index (χ1) is 30.7. The van der Waals surface area contributed by atoms with Gasteiger partial charge in [0.1, 0.15) is 36.6 Å². The van der Waals surface area contributed by atoms with Crippen LogP contribution in [0.25, 0.3) is 0 Å². The molecule has 9 atom stereocenters. The van der Waals surface area contributed by atoms with Crippen LogP contribution in [0.1, 0.15) is 194 Å². The monoisotopic (exact) mass is 892 g/mol. The molecule has 0 aliphatic carbocycles. The van der Waals surface area contributed by atoms with Gasteiger partial charge in [-0.1, -0.05) is 171 Å². The minimum atomic E-state index is -1.69. The van der Waals surface area contributed by atoms with Crippen molar-refractivity contribution in [2.24, 2.45) is 0 Å². The first-order valence-corrected chi connectivity index (χ1v) is 25.2. The smallest absolute Gasteiger partial charge is 0.249 e. The second-order valence-corrected chi connectivity index (χ2v) is 17.5. The van der Waals surface area contributed by atoms with E-state index in [2.05, 4.69) is 67.8 Å². The summed E-state index contributed by atoms with van der Waals surface area (Å²) >= 11 is 0. The number of aliphatic hydroxyl groups excluding tert-OH is 7. The molecule has 9 unspecified atom stereocenters. The Morgan fingerprint density at radius 2 is 1.02 bits per heavy atom. The summed E-state index contributed by atoms with van der Waals surface area (Å²) in [5, 5.41) is 75.5. The van der Waals surface area contributed by atoms with Gasteiger partial charge in [-0.3, -0.25) is 4.79 Å². The van der Waals surface area contributed by atoms with Gasteiger partial charge in [0.05, 0.1) is 25.4 Å². The van der Waals surface area contributed by atoms with Crippen molar-refractivity contribution in [3.8, 4) is 0 Å². The van der Waals surface area contributed by atoms with Gasteiger partial charge in [0.15, 0.2) is 6.29 Å². The molecule has 1 saturated heterocycles. The van der Waals surface area contributed by atoms with E-state index in [4.69, 9.17) is 9.47 Å². The Morgan fingerprint density at radius 1 is 0.571 bits per heavy atom. The lowest BCUT2D eigenvalue weighted by atomic mass is 9.99. The highest BCUT2D eigenvalue weighted by molar-refractivity contribution is 5.81. The fourth-order valence-corrected chi connectivity index (χ4v) is 7.57. The van der Waals surface area contributed by atoms with Crippen molar-refractivity contribution < 1.29 is 50.0 Å². The molecule has 1 aliphatic heterocycles. The highest BCUT2D eigenvalue weighted by Gasteiger charge is 2.44. The number of hydrogen-bond acceptors (Lipinski definition) is 10. The number of carbonyl (C=O) groups excluding carboxylic acids is 1. The number of carbonyl (C=O) groups is 1. The van der Waals surface area contributed by atoms with Crippen LogP contribution in [0, 0.1) is 0 Å². The average molecular weight is 892 g/mol. The third kappa shape index (κ3) is 30.6. The second kappa shape index (κ2) is 41.3. The van der Waals surface area contributed by atoms with Gasteiger partial charge < -0.3 is 50.5 Å². The molecule has 1 aliphatic rings. The number of unbranched alkanes of at least 4 members (excludes halogenated alkanes) is 20. The van der Waals surface area contributed by atoms with Crippen molar-refractivity contribution in [1.29, 1.82) is 0 Å². The SMILES string of the molecule is CCCCCCCC/C=C\C/C=C\CC(O)C(=O)NC(COC1OC(CO)C(O)C(O)C1O)C(O)C(O)CCC/C=C/CC/C=C/CC/C=C/CCCCCCCCCCCCC. The molecular weight excluding hydrogens is 799 g/mol. The first kappa shape index (κ1) is 58.8. The third-order valence-corrected chi connectivity index (χ3v) is 11.8. The molecule has 0 aromatic carbocycles. The molecule has 1 fully saturated rings. The summed E-state index contributed by atoms with van der Waals surface area (Å²) in [6, 6.07) is -1.23. The molecule has 1 heterocycles. The van der Waals surface area contributed by atoms with Gasteiger partial charge >= 0.3 is 0 Å². The summed E-state index contributed by atoms with van der Waals surface area (Å²) < 4.78 is 11.0. The van der Waals surface area contributed by atoms with Gasteiger partial charge in [0.2, 0.25) is 5.91 Å². The third-order valence-electron chi connectivity index (χ3n) is 11.8. The van der Waals surface area contributed by atoms with Crippen LogP contribution in [-0.4, -0.2) is 110 Å². The zero-order valence-electron chi connectivity index (χ0n) is 39.5. The fraction of sp³-hybridized carbons (Fsp3) is 0.788. The Balaban J connectivity index is 2.44. The highest BCUT2D eigenvalue weighted by Crippen LogP contribution is 2.23. The summed E-state index contributed by atoms with van der Waals surface area (Å²) in [6.45, 7) is 3.36. The lowest BCUT2D eigenvalue weighted by Gasteiger charge is -2.40. The molecule has 63 heavy (non-hydrogen) atoms. The van der Waals surface area contributed by atoms with Gasteiger partial charge in [0.25, 0.3) is 0 Å². The lowest BCUT2D eigenvalue weighted by Crippen LogP contribution is -2.60. The summed E-state index contributed by atoms with van der Waals surface area (Å²) in [7, 11) is 0. The number of allylic oxidation sites excluding steroid dienone is 9. The van der Waals surface area contributed by atoms with Crippen molar-refractivity contribution in [3.63, 3.8) is 0 Å². The Morgan fingerprint density at radius 3 is 1.52 bits per heavy atom. The molecule has 0 aromatic rings. The van der Waals surface area contributed by atoms with Crippen molar-refractivity contribution in [1.82, 2.24) is 5.32 Å². The largest absolute Gasteiger partial charge is 0.394 e. The molecule has 1 rings (SSSR count). The number of amides is 1. The maximum absolute atomic E-state index is 13.0. The van der Waals surface area contributed by atoms with E-state index in [-0.39, 0.29) is 12.8 Å². The Hall–Kier alpha value is -2.19. The minimum absolute atomic E-state index is 0.0368. The Bertz CT molecular complexity index is 1210. The maximum atomic E-state index is 13.0. The van der Waals surface area contributed by atoms with Crippen molar-refractivity contribution in [2.75, 3.05) is 13.2 Å². The molecule has 0 bridgehead atoms. The standard InChI is InChI=1S/C52H93NO10/c1-3-5-7-9-11-13-15-17-18-19-20-21-22-23-24-25-26-27-28-30-31-33-35-37-39-44(55)47(57)43(42-62-52-50(60)49(59)48(58)46(41-54)63-52)53-51(61)45(56)40-38-36-34-32-29-16-14-12-10-8-6-4-2/h22-23,26-27,29,31-33,36,38,43-50,52,54-60H,3-21,24-25,28,30,34-35,37,39-42H2,1-2H3,(H,53,61)/b23-22+,27-26+,32-29-,33-31+,38-36-. The lowest BCUT2D eigenvalue weighted by molar-refractivity contribution is -0.303. The van der Waals surface area contributed by atoms with Gasteiger partial charge in [-0.15, -0.1) is 0 Å². The first-order valence-electron chi connectivity index (χ1n) is 25.2. The predicted molar refractivity (Wildman–Crippen MR) is 256 cm³/mol. The van der Waals surface area contributed by atoms with E-state index >= 15 is 0 Å². The van der Waals surface area contributed by atoms with Crippen molar-refractivity contribution in [3.05, 3.63) is 60.8 Å². The average Bonchev–Trinajstić information content (AvgIpc) is 3.28. The zero-order valence-corrected chi connectivity index (χ0v) is 39.5. The van der Waals surface area contributed by atoms with E-state index in [0.717, 1.165) is 38.5 Å². The van der Waals surface area contributed by atoms with Crippen LogP contribution >= 0.6 is 0 Å². The van der Waals surface area contributed by atoms with Crippen LogP contribution in [0.3, 0.4) is 0 Å². The highest BCUT2D eigenvalue weighted by atomic mass is 16.7. The number of nitrogens with one attached hydrogen (secondary N) is 1. The van der Waals surface area contributed by atoms with Gasteiger partial charge in [-0.25, -0.2) is 0 Å². The molecular formula is C52H93NO10. The van der Waals surface area contributed by atoms with Crippen LogP contribution in [0.5, 0.6) is 0 Å². The second-order valence-electron chi connectivity index (χ2n) is 17.5. The van der Waals surface area contributed by atoms with Crippen LogP contribution in [0.2, 0.25) is 0 Å². The van der Waals surface area contributed by atoms with Gasteiger partial charge in [-0.05, 0) is 77.0 Å². The molecule has 366 valence electrons. The molecule has 11 heteroatoms. The van der Waals surface area contributed by atoms with Crippen molar-refractivity contribution >= 4 is 5.91 Å². The summed E-state index contributed by atoms with van der Waals surface area (Å²) in [4.78, 5) is 13.0. The number of hydrogen-bond donors (Lipinski definition) is 8. The van der Waals surface area contributed by atoms with E-state index in [1.807, 2.05) is 6.08 Å². The molecule has 8 N–H and O–H groups in total. The van der Waals surface area contributed by atoms with E-state index in [1.165, 1.54) is 109 Å². The molecule has 0 aromatic heterocycles. The summed E-state index contributed by atoms with van der Waals surface area (Å²) in [6.07, 6.45) is 40.2. The predicted octanol–water partition coefficient (Wildman–Crippen LogP) is 9.11. The van der Waals surface area contributed by atoms with E-state index in [1.54, 1.807) is 6.08 Å². The Labute approximate surface area is 382 Å². The zero-order chi connectivity index (χ0) is 46.2. The summed E-state index contributed by atoms with van der Waals surface area (Å²) in [5.74, 6) is -0.782. The van der Waals surface area contributed by atoms with E-state index < -0.39 is 74.2 Å². The van der Waals surface area contributed by atoms with Crippen LogP contribution in [0.4, 0.5) is 0 Å². The number of rotatable bonds is 41. The molecule has 11 nitrogen and oxygen atoms in total. The van der Waals surface area contributed by atoms with Crippen LogP contribution in [-0.2, 0) is 14.3 Å². The fourth-order valence-electron chi connectivity index (χ4n) is 7.57. The molecule has 0 radical (unpaired) electrons. The topological polar surface area (TPSA) is 189 Å². The molecule has 0 saturated carbocycles. The maximum Gasteiger partial charge on any atom is 0.249 e. The number of ether oxygens (including phenoxy) is 2. The van der Waals surface area contributed by atoms with Crippen LogP contribution < -0.4 is 5.32 Å². The van der Waals surface area contributed by atoms with Gasteiger partial charge in [0, 0.05) is 6.42 Å². The number of aliphatic hydroxyl groups is 7.